The first kappa shape index (κ1) is 34.7. The van der Waals surface area contributed by atoms with Crippen molar-refractivity contribution in [1.29, 1.82) is 0 Å². The number of anilines is 3. The number of allylic oxidation sites excluding steroid dienone is 1. The molecule has 0 aliphatic heterocycles. The lowest BCUT2D eigenvalue weighted by Gasteiger charge is -2.29. The Morgan fingerprint density at radius 3 is 1.85 bits per heavy atom. The summed E-state index contributed by atoms with van der Waals surface area (Å²) in [6.07, 6.45) is 3.34. The standard InChI is InChI=1S/C56H40N2O/c1-37-24-33-48(54-45(37)34-35-52-55(54)59-56(57-52)41-16-6-3-7-17-41)39-25-29-43(30-26-39)58(53-23-13-12-20-47(53)38-14-4-2-5-15-38)44-31-27-40(28-32-44)51-36-42-18-8-9-19-46(42)49-21-10-11-22-50(49)51/h2-23,25-37H,24H2,1H3. The Morgan fingerprint density at radius 2 is 1.10 bits per heavy atom. The van der Waals surface area contributed by atoms with E-state index in [1.165, 1.54) is 54.9 Å². The number of rotatable bonds is 7. The van der Waals surface area contributed by atoms with Crippen LogP contribution in [0.1, 0.15) is 36.0 Å². The van der Waals surface area contributed by atoms with Crippen LogP contribution in [0.4, 0.5) is 17.1 Å². The largest absolute Gasteiger partial charge is 0.435 e. The van der Waals surface area contributed by atoms with Crippen molar-refractivity contribution >= 4 is 55.3 Å². The van der Waals surface area contributed by atoms with E-state index in [1.807, 2.05) is 18.2 Å². The maximum atomic E-state index is 6.61. The molecule has 0 saturated carbocycles. The lowest BCUT2D eigenvalue weighted by Crippen LogP contribution is -2.11. The first-order valence-electron chi connectivity index (χ1n) is 20.4. The third-order valence-corrected chi connectivity index (χ3v) is 12.0. The van der Waals surface area contributed by atoms with Gasteiger partial charge in [0.1, 0.15) is 5.52 Å². The zero-order valence-corrected chi connectivity index (χ0v) is 32.7. The summed E-state index contributed by atoms with van der Waals surface area (Å²) < 4.78 is 6.61. The normalized spacial score (nSPS) is 13.7. The van der Waals surface area contributed by atoms with E-state index in [0.29, 0.717) is 11.8 Å². The summed E-state index contributed by atoms with van der Waals surface area (Å²) in [5.74, 6) is 1.03. The highest BCUT2D eigenvalue weighted by Crippen LogP contribution is 2.45. The van der Waals surface area contributed by atoms with Gasteiger partial charge in [-0.15, -0.1) is 0 Å². The summed E-state index contributed by atoms with van der Waals surface area (Å²) in [5, 5.41) is 5.05. The van der Waals surface area contributed by atoms with E-state index in [9.17, 15) is 0 Å². The highest BCUT2D eigenvalue weighted by molar-refractivity contribution is 6.13. The average Bonchev–Trinajstić information content (AvgIpc) is 3.76. The quantitative estimate of drug-likeness (QED) is 0.152. The highest BCUT2D eigenvalue weighted by Gasteiger charge is 2.26. The van der Waals surface area contributed by atoms with E-state index in [1.54, 1.807) is 0 Å². The lowest BCUT2D eigenvalue weighted by atomic mass is 9.81. The van der Waals surface area contributed by atoms with Gasteiger partial charge in [-0.2, -0.15) is 0 Å². The van der Waals surface area contributed by atoms with Gasteiger partial charge in [0.2, 0.25) is 5.89 Å². The fraction of sp³-hybridized carbons (Fsp3) is 0.0536. The van der Waals surface area contributed by atoms with Gasteiger partial charge < -0.3 is 9.32 Å². The molecule has 0 radical (unpaired) electrons. The van der Waals surface area contributed by atoms with Gasteiger partial charge in [0, 0.05) is 28.1 Å². The second kappa shape index (κ2) is 14.5. The van der Waals surface area contributed by atoms with E-state index in [2.05, 4.69) is 200 Å². The molecule has 3 nitrogen and oxygen atoms in total. The summed E-state index contributed by atoms with van der Waals surface area (Å²) in [6.45, 7) is 2.30. The van der Waals surface area contributed by atoms with Gasteiger partial charge >= 0.3 is 0 Å². The molecule has 1 aromatic heterocycles. The molecule has 0 bridgehead atoms. The molecule has 1 unspecified atom stereocenters. The minimum absolute atomic E-state index is 0.378. The van der Waals surface area contributed by atoms with Crippen LogP contribution in [0.5, 0.6) is 0 Å². The third kappa shape index (κ3) is 6.11. The van der Waals surface area contributed by atoms with Gasteiger partial charge in [-0.05, 0) is 122 Å². The molecule has 0 N–H and O–H groups in total. The molecule has 0 saturated heterocycles. The van der Waals surface area contributed by atoms with Crippen molar-refractivity contribution < 1.29 is 4.42 Å². The van der Waals surface area contributed by atoms with Crippen LogP contribution in [0.3, 0.4) is 0 Å². The van der Waals surface area contributed by atoms with Gasteiger partial charge in [0.15, 0.2) is 5.58 Å². The number of hydrogen-bond donors (Lipinski definition) is 0. The molecule has 11 rings (SSSR count). The molecule has 9 aromatic carbocycles. The summed E-state index contributed by atoms with van der Waals surface area (Å²) in [6, 6.07) is 71.8. The van der Waals surface area contributed by atoms with Crippen LogP contribution in [0.15, 0.2) is 211 Å². The van der Waals surface area contributed by atoms with Crippen LogP contribution >= 0.6 is 0 Å². The third-order valence-electron chi connectivity index (χ3n) is 12.0. The minimum atomic E-state index is 0.378. The predicted molar refractivity (Wildman–Crippen MR) is 247 cm³/mol. The van der Waals surface area contributed by atoms with Crippen molar-refractivity contribution in [2.45, 2.75) is 19.3 Å². The monoisotopic (exact) mass is 756 g/mol. The average molecular weight is 757 g/mol. The van der Waals surface area contributed by atoms with Crippen molar-refractivity contribution in [3.63, 3.8) is 0 Å². The molecule has 1 aliphatic carbocycles. The van der Waals surface area contributed by atoms with E-state index < -0.39 is 0 Å². The SMILES string of the molecule is CC1CC=C(c2ccc(N(c3ccc(-c4cc5ccccc5c5ccccc45)cc3)c3ccccc3-c3ccccc3)cc2)c2c1ccc1nc(-c3ccccc3)oc21. The van der Waals surface area contributed by atoms with Gasteiger partial charge in [0.25, 0.3) is 0 Å². The summed E-state index contributed by atoms with van der Waals surface area (Å²) in [7, 11) is 0. The zero-order valence-electron chi connectivity index (χ0n) is 32.7. The highest BCUT2D eigenvalue weighted by atomic mass is 16.3. The molecular weight excluding hydrogens is 717 g/mol. The maximum Gasteiger partial charge on any atom is 0.227 e. The van der Waals surface area contributed by atoms with E-state index in [0.717, 1.165) is 51.3 Å². The molecule has 280 valence electrons. The Bertz CT molecular complexity index is 3180. The number of nitrogens with zero attached hydrogens (tertiary/aromatic N) is 2. The van der Waals surface area contributed by atoms with Crippen molar-refractivity contribution in [2.75, 3.05) is 4.90 Å². The Labute approximate surface area is 344 Å². The zero-order chi connectivity index (χ0) is 39.3. The molecule has 1 aliphatic rings. The second-order valence-corrected chi connectivity index (χ2v) is 15.5. The van der Waals surface area contributed by atoms with Gasteiger partial charge in [-0.1, -0.05) is 159 Å². The molecule has 0 spiro atoms. The van der Waals surface area contributed by atoms with Crippen LogP contribution < -0.4 is 4.90 Å². The molecule has 3 heteroatoms. The Balaban J connectivity index is 1.02. The van der Waals surface area contributed by atoms with Crippen LogP contribution in [-0.2, 0) is 0 Å². The number of hydrogen-bond acceptors (Lipinski definition) is 3. The first-order chi connectivity index (χ1) is 29.2. The van der Waals surface area contributed by atoms with E-state index >= 15 is 0 Å². The van der Waals surface area contributed by atoms with E-state index in [4.69, 9.17) is 9.40 Å². The Kier molecular flexibility index (Phi) is 8.52. The molecule has 1 heterocycles. The molecular formula is C56H40N2O. The smallest absolute Gasteiger partial charge is 0.227 e. The number of aromatic nitrogens is 1. The van der Waals surface area contributed by atoms with Gasteiger partial charge in [0.05, 0.1) is 5.69 Å². The number of para-hydroxylation sites is 1. The minimum Gasteiger partial charge on any atom is -0.435 e. The van der Waals surface area contributed by atoms with Crippen LogP contribution in [0, 0.1) is 0 Å². The second-order valence-electron chi connectivity index (χ2n) is 15.5. The maximum absolute atomic E-state index is 6.61. The predicted octanol–water partition coefficient (Wildman–Crippen LogP) is 15.5. The fourth-order valence-corrected chi connectivity index (χ4v) is 9.02. The molecule has 59 heavy (non-hydrogen) atoms. The Morgan fingerprint density at radius 1 is 0.508 bits per heavy atom. The Hall–Kier alpha value is -7.49. The molecule has 0 fully saturated rings. The van der Waals surface area contributed by atoms with Crippen LogP contribution in [0.25, 0.3) is 71.9 Å². The summed E-state index contributed by atoms with van der Waals surface area (Å²) >= 11 is 0. The van der Waals surface area contributed by atoms with Gasteiger partial charge in [-0.25, -0.2) is 4.98 Å². The van der Waals surface area contributed by atoms with Crippen molar-refractivity contribution in [1.82, 2.24) is 4.98 Å². The first-order valence-corrected chi connectivity index (χ1v) is 20.4. The molecule has 1 atom stereocenters. The summed E-state index contributed by atoms with van der Waals surface area (Å²) in [5.41, 5.74) is 15.5. The fourth-order valence-electron chi connectivity index (χ4n) is 9.02. The molecule has 10 aromatic rings. The van der Waals surface area contributed by atoms with Crippen molar-refractivity contribution in [3.8, 4) is 33.7 Å². The van der Waals surface area contributed by atoms with Crippen LogP contribution in [0.2, 0.25) is 0 Å². The van der Waals surface area contributed by atoms with Crippen molar-refractivity contribution in [3.05, 3.63) is 223 Å². The molecule has 0 amide bonds. The van der Waals surface area contributed by atoms with Crippen molar-refractivity contribution in [2.24, 2.45) is 0 Å². The topological polar surface area (TPSA) is 29.3 Å². The van der Waals surface area contributed by atoms with E-state index in [-0.39, 0.29) is 0 Å². The number of benzene rings is 9. The lowest BCUT2D eigenvalue weighted by molar-refractivity contribution is 0.616. The van der Waals surface area contributed by atoms with Crippen LogP contribution in [-0.4, -0.2) is 4.98 Å². The number of fused-ring (bicyclic) bond motifs is 6. The summed E-state index contributed by atoms with van der Waals surface area (Å²) in [4.78, 5) is 7.32. The van der Waals surface area contributed by atoms with Gasteiger partial charge in [-0.3, -0.25) is 0 Å². The number of oxazole rings is 1.